The van der Waals surface area contributed by atoms with E-state index in [4.69, 9.17) is 9.98 Å². The third-order valence-corrected chi connectivity index (χ3v) is 9.25. The average molecular weight is 695 g/mol. The fourth-order valence-electron chi connectivity index (χ4n) is 7.34. The van der Waals surface area contributed by atoms with Gasteiger partial charge in [-0.2, -0.15) is 0 Å². The monoisotopic (exact) mass is 694 g/mol. The number of carbonyl (C=O) groups excluding carboxylic acids is 2. The van der Waals surface area contributed by atoms with Crippen molar-refractivity contribution in [2.24, 2.45) is 9.98 Å². The number of hydrogen-bond donors (Lipinski definition) is 0. The number of benzene rings is 4. The number of aryl methyl sites for hydroxylation is 10. The average Bonchev–Trinajstić information content (AvgIpc) is 2.99. The minimum Gasteiger partial charge on any atom is -0.872 e. The maximum Gasteiger partial charge on any atom is 0.160 e. The van der Waals surface area contributed by atoms with Crippen LogP contribution in [0, 0.1) is 69.2 Å². The van der Waals surface area contributed by atoms with Gasteiger partial charge in [0.2, 0.25) is 0 Å². The fraction of sp³-hybridized carbons (Fsp3) is 0.304. The molecule has 0 spiro atoms. The number of carbonyl (C=O) groups is 2. The molecule has 0 aliphatic carbocycles. The largest absolute Gasteiger partial charge is 0.872 e. The Balaban J connectivity index is 2.04. The lowest BCUT2D eigenvalue weighted by atomic mass is 9.90. The summed E-state index contributed by atoms with van der Waals surface area (Å²) in [5, 5.41) is 28.1. The smallest absolute Gasteiger partial charge is 0.160 e. The first-order valence-corrected chi connectivity index (χ1v) is 17.6. The lowest BCUT2D eigenvalue weighted by molar-refractivity contribution is -0.245. The molecule has 6 heteroatoms. The van der Waals surface area contributed by atoms with Crippen LogP contribution in [0.3, 0.4) is 0 Å². The normalized spacial score (nSPS) is 14.0. The van der Waals surface area contributed by atoms with E-state index in [1.807, 2.05) is 118 Å². The van der Waals surface area contributed by atoms with Crippen molar-refractivity contribution in [2.45, 2.75) is 95.2 Å². The van der Waals surface area contributed by atoms with Gasteiger partial charge in [0.25, 0.3) is 0 Å². The first-order valence-electron chi connectivity index (χ1n) is 17.6. The van der Waals surface area contributed by atoms with E-state index in [0.717, 1.165) is 66.8 Å². The molecular formula is C46H50N2O4-2. The van der Waals surface area contributed by atoms with Gasteiger partial charge < -0.3 is 10.2 Å². The predicted octanol–water partition coefficient (Wildman–Crippen LogP) is 8.42. The van der Waals surface area contributed by atoms with Crippen LogP contribution in [0.4, 0.5) is 0 Å². The van der Waals surface area contributed by atoms with Crippen molar-refractivity contribution < 1.29 is 19.8 Å². The van der Waals surface area contributed by atoms with Crippen LogP contribution < -0.4 is 10.2 Å². The third-order valence-electron chi connectivity index (χ3n) is 9.25. The van der Waals surface area contributed by atoms with Gasteiger partial charge in [-0.3, -0.25) is 19.6 Å². The van der Waals surface area contributed by atoms with Crippen molar-refractivity contribution in [3.63, 3.8) is 0 Å². The van der Waals surface area contributed by atoms with E-state index >= 15 is 0 Å². The Hall–Kier alpha value is -5.36. The van der Waals surface area contributed by atoms with Crippen molar-refractivity contribution in [2.75, 3.05) is 0 Å². The van der Waals surface area contributed by atoms with Crippen molar-refractivity contribution >= 4 is 35.5 Å². The van der Waals surface area contributed by atoms with Gasteiger partial charge in [-0.05, 0) is 128 Å². The van der Waals surface area contributed by atoms with E-state index in [9.17, 15) is 19.8 Å². The molecule has 0 bridgehead atoms. The van der Waals surface area contributed by atoms with E-state index < -0.39 is 35.2 Å². The molecule has 4 rings (SSSR count). The molecule has 0 N–H and O–H groups in total. The SMILES string of the molecule is CC(=O)C(C=N[C@@H](c1cc(C)cc(C)c1)[C@@H](N=CC(C(C)=O)=C([O-])c1c(C)cc(C)cc1C)c1cc(C)cc(C)c1)=C([O-])c1c(C)cc(C)cc1C. The maximum absolute atomic E-state index is 14.0. The quantitative estimate of drug-likeness (QED) is 0.0893. The minimum absolute atomic E-state index is 0.0379. The van der Waals surface area contributed by atoms with Crippen LogP contribution in [0.15, 0.2) is 81.8 Å². The molecule has 0 saturated heterocycles. The number of hydrogen-bond acceptors (Lipinski definition) is 6. The van der Waals surface area contributed by atoms with E-state index in [1.165, 1.54) is 26.3 Å². The molecule has 0 aromatic heterocycles. The molecule has 2 atom stereocenters. The molecule has 52 heavy (non-hydrogen) atoms. The van der Waals surface area contributed by atoms with E-state index in [2.05, 4.69) is 12.1 Å². The molecule has 270 valence electrons. The summed E-state index contributed by atoms with van der Waals surface area (Å²) in [5.41, 5.74) is 11.7. The minimum atomic E-state index is -0.732. The number of ketones is 2. The third kappa shape index (κ3) is 9.10. The Morgan fingerprint density at radius 2 is 0.712 bits per heavy atom. The Bertz CT molecular complexity index is 1940. The molecule has 4 aromatic rings. The van der Waals surface area contributed by atoms with Crippen molar-refractivity contribution in [1.82, 2.24) is 0 Å². The molecule has 0 amide bonds. The van der Waals surface area contributed by atoms with Gasteiger partial charge >= 0.3 is 0 Å². The second-order valence-corrected chi connectivity index (χ2v) is 14.4. The Morgan fingerprint density at radius 3 is 0.962 bits per heavy atom. The van der Waals surface area contributed by atoms with E-state index in [-0.39, 0.29) is 11.1 Å². The highest BCUT2D eigenvalue weighted by molar-refractivity contribution is 6.18. The highest BCUT2D eigenvalue weighted by atomic mass is 16.3. The summed E-state index contributed by atoms with van der Waals surface area (Å²) in [5.74, 6) is -1.59. The Kier molecular flexibility index (Phi) is 12.4. The Labute approximate surface area is 309 Å². The summed E-state index contributed by atoms with van der Waals surface area (Å²) < 4.78 is 0. The summed E-state index contributed by atoms with van der Waals surface area (Å²) in [7, 11) is 0. The topological polar surface area (TPSA) is 105 Å². The van der Waals surface area contributed by atoms with Crippen LogP contribution >= 0.6 is 0 Å². The van der Waals surface area contributed by atoms with Crippen LogP contribution in [-0.4, -0.2) is 24.0 Å². The zero-order valence-corrected chi connectivity index (χ0v) is 32.6. The number of Topliss-reactive ketones (excluding diaryl/α,β-unsaturated/α-hetero) is 2. The lowest BCUT2D eigenvalue weighted by Crippen LogP contribution is -2.17. The predicted molar refractivity (Wildman–Crippen MR) is 211 cm³/mol. The van der Waals surface area contributed by atoms with Gasteiger partial charge in [-0.15, -0.1) is 0 Å². The first-order chi connectivity index (χ1) is 24.4. The molecule has 0 saturated carbocycles. The van der Waals surface area contributed by atoms with Crippen molar-refractivity contribution in [3.05, 3.63) is 150 Å². The molecular weight excluding hydrogens is 645 g/mol. The van der Waals surface area contributed by atoms with Crippen LogP contribution in [0.2, 0.25) is 0 Å². The zero-order chi connectivity index (χ0) is 38.6. The molecule has 0 unspecified atom stereocenters. The van der Waals surface area contributed by atoms with Crippen LogP contribution in [-0.2, 0) is 9.59 Å². The van der Waals surface area contributed by atoms with Gasteiger partial charge in [0.15, 0.2) is 11.6 Å². The molecule has 0 heterocycles. The summed E-state index contributed by atoms with van der Waals surface area (Å²) in [6, 6.07) is 18.5. The lowest BCUT2D eigenvalue weighted by Gasteiger charge is -2.25. The molecule has 0 aliphatic rings. The molecule has 4 aromatic carbocycles. The molecule has 0 aliphatic heterocycles. The van der Waals surface area contributed by atoms with Gasteiger partial charge in [-0.25, -0.2) is 0 Å². The number of aliphatic imine (C=N–C) groups is 2. The van der Waals surface area contributed by atoms with Crippen molar-refractivity contribution in [1.29, 1.82) is 0 Å². The van der Waals surface area contributed by atoms with Gasteiger partial charge in [0, 0.05) is 23.6 Å². The van der Waals surface area contributed by atoms with E-state index in [0.29, 0.717) is 11.1 Å². The second kappa shape index (κ2) is 16.3. The first kappa shape index (κ1) is 39.4. The number of rotatable bonds is 11. The number of nitrogens with zero attached hydrogens (tertiary/aromatic N) is 2. The fourth-order valence-corrected chi connectivity index (χ4v) is 7.34. The van der Waals surface area contributed by atoms with Crippen LogP contribution in [0.5, 0.6) is 0 Å². The van der Waals surface area contributed by atoms with Gasteiger partial charge in [-0.1, -0.05) is 106 Å². The molecule has 0 radical (unpaired) electrons. The van der Waals surface area contributed by atoms with Crippen molar-refractivity contribution in [3.8, 4) is 0 Å². The highest BCUT2D eigenvalue weighted by Gasteiger charge is 2.26. The number of allylic oxidation sites excluding steroid dienone is 2. The Morgan fingerprint density at radius 1 is 0.462 bits per heavy atom. The van der Waals surface area contributed by atoms with Gasteiger partial charge in [0.05, 0.1) is 0 Å². The molecule has 0 fully saturated rings. The zero-order valence-electron chi connectivity index (χ0n) is 32.6. The molecule has 6 nitrogen and oxygen atoms in total. The second-order valence-electron chi connectivity index (χ2n) is 14.4. The van der Waals surface area contributed by atoms with Gasteiger partial charge in [0.1, 0.15) is 12.1 Å². The summed E-state index contributed by atoms with van der Waals surface area (Å²) in [6.45, 7) is 22.2. The van der Waals surface area contributed by atoms with Crippen LogP contribution in [0.1, 0.15) is 104 Å². The summed E-state index contributed by atoms with van der Waals surface area (Å²) >= 11 is 0. The standard InChI is InChI=1S/C46H52N2O4/c1-25-13-26(2)20-37(19-25)43(47-23-39(35(11)49)45(51)41-31(7)15-29(5)16-32(41)8)44(38-21-27(3)14-28(4)22-38)48-24-40(36(12)50)46(52)42-33(9)17-30(6)18-34(42)10/h13-24,43-44,51-52H,1-12H3/p-2/t43-,44-/m0/s1. The van der Waals surface area contributed by atoms with Crippen LogP contribution in [0.25, 0.3) is 11.5 Å². The van der Waals surface area contributed by atoms with E-state index in [1.54, 1.807) is 0 Å². The summed E-state index contributed by atoms with van der Waals surface area (Å²) in [4.78, 5) is 36.4. The maximum atomic E-state index is 14.0. The highest BCUT2D eigenvalue weighted by Crippen LogP contribution is 2.38. The summed E-state index contributed by atoms with van der Waals surface area (Å²) in [6.07, 6.45) is 2.77.